The van der Waals surface area contributed by atoms with Gasteiger partial charge in [0.25, 0.3) is 5.78 Å². The minimum absolute atomic E-state index is 0.192. The van der Waals surface area contributed by atoms with Gasteiger partial charge in [0.05, 0.1) is 18.5 Å². The van der Waals surface area contributed by atoms with Crippen LogP contribution in [0.25, 0.3) is 17.4 Å². The van der Waals surface area contributed by atoms with Crippen LogP contribution in [0.4, 0.5) is 11.9 Å². The van der Waals surface area contributed by atoms with Gasteiger partial charge in [-0.25, -0.2) is 0 Å². The van der Waals surface area contributed by atoms with Crippen LogP contribution >= 0.6 is 0 Å². The Morgan fingerprint density at radius 3 is 2.47 bits per heavy atom. The maximum atomic E-state index is 6.11. The predicted octanol–water partition coefficient (Wildman–Crippen LogP) is 3.99. The van der Waals surface area contributed by atoms with E-state index in [1.165, 1.54) is 4.52 Å². The molecule has 0 unspecified atom stereocenters. The Morgan fingerprint density at radius 2 is 1.79 bits per heavy atom. The van der Waals surface area contributed by atoms with Crippen LogP contribution in [0, 0.1) is 0 Å². The van der Waals surface area contributed by atoms with Crippen molar-refractivity contribution in [3.8, 4) is 17.3 Å². The highest BCUT2D eigenvalue weighted by Gasteiger charge is 2.24. The van der Waals surface area contributed by atoms with E-state index in [4.69, 9.17) is 19.6 Å². The number of aromatic nitrogens is 5. The molecule has 0 saturated carbocycles. The largest absolute Gasteiger partial charge is 0.485 e. The van der Waals surface area contributed by atoms with Gasteiger partial charge in [-0.05, 0) is 70.9 Å². The lowest BCUT2D eigenvalue weighted by atomic mass is 10.1. The van der Waals surface area contributed by atoms with Gasteiger partial charge in [-0.1, -0.05) is 12.1 Å². The molecular weight excluding hydrogens is 434 g/mol. The maximum absolute atomic E-state index is 6.11. The molecule has 10 nitrogen and oxygen atoms in total. The van der Waals surface area contributed by atoms with E-state index >= 15 is 0 Å². The van der Waals surface area contributed by atoms with Crippen molar-refractivity contribution in [2.75, 3.05) is 24.2 Å². The number of hydrogen-bond donors (Lipinski definition) is 2. The van der Waals surface area contributed by atoms with Crippen molar-refractivity contribution in [3.63, 3.8) is 0 Å². The lowest BCUT2D eigenvalue weighted by Crippen LogP contribution is -2.37. The molecule has 0 atom stereocenters. The first-order valence-corrected chi connectivity index (χ1v) is 11.2. The molecule has 0 spiro atoms. The molecule has 0 saturated heterocycles. The van der Waals surface area contributed by atoms with Crippen LogP contribution in [0.1, 0.15) is 40.2 Å². The zero-order chi connectivity index (χ0) is 24.3. The Bertz CT molecular complexity index is 1230. The molecule has 0 amide bonds. The third-order valence-corrected chi connectivity index (χ3v) is 4.84. The fourth-order valence-electron chi connectivity index (χ4n) is 3.18. The second-order valence-electron chi connectivity index (χ2n) is 9.61. The fraction of sp³-hybridized carbons (Fsp3) is 0.417. The van der Waals surface area contributed by atoms with Crippen molar-refractivity contribution in [2.45, 2.75) is 52.2 Å². The number of hydrogen-bond acceptors (Lipinski definition) is 9. The highest BCUT2D eigenvalue weighted by molar-refractivity contribution is 5.52. The summed E-state index contributed by atoms with van der Waals surface area (Å²) in [5, 5.41) is 7.49. The van der Waals surface area contributed by atoms with E-state index in [0.717, 1.165) is 17.7 Å². The molecule has 180 valence electrons. The van der Waals surface area contributed by atoms with Crippen molar-refractivity contribution in [1.29, 1.82) is 0 Å². The Morgan fingerprint density at radius 1 is 1.03 bits per heavy atom. The van der Waals surface area contributed by atoms with Crippen molar-refractivity contribution < 1.29 is 13.9 Å². The molecule has 0 aliphatic heterocycles. The Balaban J connectivity index is 1.32. The Kier molecular flexibility index (Phi) is 6.43. The fourth-order valence-corrected chi connectivity index (χ4v) is 3.18. The summed E-state index contributed by atoms with van der Waals surface area (Å²) in [6.07, 6.45) is 2.33. The first-order valence-electron chi connectivity index (χ1n) is 11.2. The number of nitrogens with one attached hydrogen (secondary N) is 1. The molecule has 34 heavy (non-hydrogen) atoms. The molecule has 0 radical (unpaired) electrons. The lowest BCUT2D eigenvalue weighted by molar-refractivity contribution is -0.0723. The number of anilines is 2. The average molecular weight is 466 g/mol. The van der Waals surface area contributed by atoms with Gasteiger partial charge in [-0.3, -0.25) is 0 Å². The molecule has 3 aromatic heterocycles. The third-order valence-electron chi connectivity index (χ3n) is 4.84. The number of nitrogens with two attached hydrogens (primary N) is 1. The summed E-state index contributed by atoms with van der Waals surface area (Å²) >= 11 is 0. The van der Waals surface area contributed by atoms with Gasteiger partial charge in [0.15, 0.2) is 5.76 Å². The van der Waals surface area contributed by atoms with Gasteiger partial charge in [0, 0.05) is 6.54 Å². The summed E-state index contributed by atoms with van der Waals surface area (Å²) in [6.45, 7) is 11.3. The monoisotopic (exact) mass is 465 g/mol. The molecule has 3 N–H and O–H groups in total. The van der Waals surface area contributed by atoms with E-state index < -0.39 is 5.60 Å². The second kappa shape index (κ2) is 9.30. The van der Waals surface area contributed by atoms with Crippen molar-refractivity contribution in [2.24, 2.45) is 0 Å². The van der Waals surface area contributed by atoms with Crippen LogP contribution in [-0.4, -0.2) is 48.9 Å². The van der Waals surface area contributed by atoms with Gasteiger partial charge in [-0.2, -0.15) is 19.5 Å². The zero-order valence-corrected chi connectivity index (χ0v) is 20.2. The minimum atomic E-state index is -0.426. The Labute approximate surface area is 198 Å². The Hall–Kier alpha value is -3.66. The van der Waals surface area contributed by atoms with E-state index in [1.54, 1.807) is 18.4 Å². The third kappa shape index (κ3) is 6.02. The van der Waals surface area contributed by atoms with Crippen molar-refractivity contribution in [1.82, 2.24) is 24.6 Å². The van der Waals surface area contributed by atoms with Crippen LogP contribution in [0.2, 0.25) is 0 Å². The van der Waals surface area contributed by atoms with Gasteiger partial charge in [0.1, 0.15) is 11.4 Å². The van der Waals surface area contributed by atoms with Crippen molar-refractivity contribution in [3.05, 3.63) is 48.2 Å². The summed E-state index contributed by atoms with van der Waals surface area (Å²) in [6, 6.07) is 11.6. The van der Waals surface area contributed by atoms with E-state index in [-0.39, 0.29) is 11.5 Å². The number of ether oxygens (including phenoxy) is 2. The summed E-state index contributed by atoms with van der Waals surface area (Å²) in [5.41, 5.74) is 6.56. The summed E-state index contributed by atoms with van der Waals surface area (Å²) in [5.74, 6) is 2.68. The quantitative estimate of drug-likeness (QED) is 0.377. The molecular formula is C24H31N7O3. The number of furan rings is 1. The molecule has 3 heterocycles. The molecule has 10 heteroatoms. The summed E-state index contributed by atoms with van der Waals surface area (Å²) in [4.78, 5) is 13.0. The average Bonchev–Trinajstić information content (AvgIpc) is 3.43. The normalized spacial score (nSPS) is 12.3. The first kappa shape index (κ1) is 23.5. The van der Waals surface area contributed by atoms with Crippen LogP contribution in [-0.2, 0) is 11.2 Å². The number of nitrogen functional groups attached to an aromatic ring is 1. The molecule has 4 aromatic rings. The van der Waals surface area contributed by atoms with Crippen LogP contribution in [0.15, 0.2) is 47.1 Å². The predicted molar refractivity (Wildman–Crippen MR) is 130 cm³/mol. The molecule has 0 bridgehead atoms. The number of nitrogens with zero attached hydrogens (tertiary/aromatic N) is 5. The number of benzene rings is 1. The molecule has 4 rings (SSSR count). The second-order valence-corrected chi connectivity index (χ2v) is 9.61. The molecule has 0 aliphatic rings. The highest BCUT2D eigenvalue weighted by Crippen LogP contribution is 2.22. The van der Waals surface area contributed by atoms with E-state index in [9.17, 15) is 0 Å². The lowest BCUT2D eigenvalue weighted by Gasteiger charge is -2.30. The maximum Gasteiger partial charge on any atom is 0.259 e. The SMILES string of the molecule is CC(C)(C)OCC(C)(C)Oc1ccc(CCNc2nc(N)n3nc(-c4ccco4)nc3n2)cc1. The smallest absolute Gasteiger partial charge is 0.259 e. The number of fused-ring (bicyclic) bond motifs is 1. The zero-order valence-electron chi connectivity index (χ0n) is 20.2. The summed E-state index contributed by atoms with van der Waals surface area (Å²) in [7, 11) is 0. The topological polar surface area (TPSA) is 126 Å². The first-order chi connectivity index (χ1) is 16.1. The molecule has 1 aromatic carbocycles. The van der Waals surface area contributed by atoms with Crippen LogP contribution < -0.4 is 15.8 Å². The van der Waals surface area contributed by atoms with Gasteiger partial charge in [0.2, 0.25) is 17.7 Å². The van der Waals surface area contributed by atoms with Gasteiger partial charge >= 0.3 is 0 Å². The van der Waals surface area contributed by atoms with E-state index in [2.05, 4.69) is 25.4 Å². The van der Waals surface area contributed by atoms with Crippen LogP contribution in [0.5, 0.6) is 5.75 Å². The van der Waals surface area contributed by atoms with E-state index in [1.807, 2.05) is 58.9 Å². The van der Waals surface area contributed by atoms with E-state index in [0.29, 0.717) is 36.5 Å². The standard InChI is InChI=1S/C24H31N7O3/c1-23(2,3)33-15-24(4,5)34-17-10-8-16(9-11-17)12-13-26-21-28-20(25)31-22(29-21)27-19(30-31)18-7-6-14-32-18/h6-11,14H,12-13,15H2,1-5H3,(H3,25,26,27,28,29,30). The number of rotatable bonds is 9. The minimum Gasteiger partial charge on any atom is -0.485 e. The molecule has 0 aliphatic carbocycles. The van der Waals surface area contributed by atoms with Crippen LogP contribution in [0.3, 0.4) is 0 Å². The highest BCUT2D eigenvalue weighted by atomic mass is 16.6. The van der Waals surface area contributed by atoms with Gasteiger partial charge in [-0.15, -0.1) is 5.10 Å². The van der Waals surface area contributed by atoms with Gasteiger partial charge < -0.3 is 24.9 Å². The van der Waals surface area contributed by atoms with Crippen molar-refractivity contribution >= 4 is 17.7 Å². The molecule has 0 fully saturated rings. The summed E-state index contributed by atoms with van der Waals surface area (Å²) < 4.78 is 18.7.